The van der Waals surface area contributed by atoms with Gasteiger partial charge in [0.1, 0.15) is 10.3 Å². The van der Waals surface area contributed by atoms with Crippen molar-refractivity contribution in [1.29, 1.82) is 0 Å². The second-order valence-electron chi connectivity index (χ2n) is 3.70. The highest BCUT2D eigenvalue weighted by Gasteiger charge is 2.06. The second kappa shape index (κ2) is 5.21. The molecule has 0 unspecified atom stereocenters. The highest BCUT2D eigenvalue weighted by atomic mass is 35.5. The molecule has 0 amide bonds. The van der Waals surface area contributed by atoms with Crippen LogP contribution in [0.2, 0.25) is 15.3 Å². The average molecular weight is 288 g/mol. The fourth-order valence-electron chi connectivity index (χ4n) is 1.49. The molecule has 2 nitrogen and oxygen atoms in total. The standard InChI is InChI=1S/C12H9Cl3N2/c1-7-4-9(17-12(15)11(7)14)5-8-2-3-10(13)16-6-8/h2-4,6H,5H2,1H3. The van der Waals surface area contributed by atoms with E-state index < -0.39 is 0 Å². The van der Waals surface area contributed by atoms with E-state index in [4.69, 9.17) is 34.8 Å². The minimum atomic E-state index is 0.337. The largest absolute Gasteiger partial charge is 0.244 e. The molecule has 0 saturated heterocycles. The van der Waals surface area contributed by atoms with Crippen LogP contribution in [0, 0.1) is 6.92 Å². The number of hydrogen-bond donors (Lipinski definition) is 0. The Morgan fingerprint density at radius 1 is 1.18 bits per heavy atom. The van der Waals surface area contributed by atoms with E-state index in [9.17, 15) is 0 Å². The third kappa shape index (κ3) is 3.09. The summed E-state index contributed by atoms with van der Waals surface area (Å²) in [6.45, 7) is 1.90. The van der Waals surface area contributed by atoms with E-state index in [0.29, 0.717) is 21.7 Å². The monoisotopic (exact) mass is 286 g/mol. The molecule has 0 aliphatic rings. The molecule has 2 aromatic heterocycles. The van der Waals surface area contributed by atoms with Crippen LogP contribution in [0.1, 0.15) is 16.8 Å². The van der Waals surface area contributed by atoms with Crippen LogP contribution >= 0.6 is 34.8 Å². The van der Waals surface area contributed by atoms with Gasteiger partial charge < -0.3 is 0 Å². The predicted molar refractivity (Wildman–Crippen MR) is 71.0 cm³/mol. The van der Waals surface area contributed by atoms with Gasteiger partial charge >= 0.3 is 0 Å². The van der Waals surface area contributed by atoms with Crippen molar-refractivity contribution in [3.8, 4) is 0 Å². The number of rotatable bonds is 2. The maximum absolute atomic E-state index is 5.95. The fourth-order valence-corrected chi connectivity index (χ4v) is 1.96. The van der Waals surface area contributed by atoms with E-state index in [2.05, 4.69) is 9.97 Å². The van der Waals surface area contributed by atoms with Crippen molar-refractivity contribution in [1.82, 2.24) is 9.97 Å². The molecule has 0 radical (unpaired) electrons. The first kappa shape index (κ1) is 12.6. The summed E-state index contributed by atoms with van der Waals surface area (Å²) in [5.41, 5.74) is 2.81. The van der Waals surface area contributed by atoms with Crippen LogP contribution in [0.5, 0.6) is 0 Å². The van der Waals surface area contributed by atoms with Crippen molar-refractivity contribution >= 4 is 34.8 Å². The summed E-state index contributed by atoms with van der Waals surface area (Å²) in [4.78, 5) is 8.24. The Morgan fingerprint density at radius 2 is 1.94 bits per heavy atom. The van der Waals surface area contributed by atoms with Gasteiger partial charge in [0.05, 0.1) is 5.02 Å². The van der Waals surface area contributed by atoms with Crippen LogP contribution in [0.3, 0.4) is 0 Å². The van der Waals surface area contributed by atoms with Crippen LogP contribution < -0.4 is 0 Å². The predicted octanol–water partition coefficient (Wildman–Crippen LogP) is 4.34. The van der Waals surface area contributed by atoms with Gasteiger partial charge in [0.15, 0.2) is 0 Å². The minimum absolute atomic E-state index is 0.337. The molecule has 2 aromatic rings. The summed E-state index contributed by atoms with van der Waals surface area (Å²) < 4.78 is 0. The average Bonchev–Trinajstić information content (AvgIpc) is 2.29. The van der Waals surface area contributed by atoms with Crippen LogP contribution in [0.15, 0.2) is 24.4 Å². The van der Waals surface area contributed by atoms with Crippen LogP contribution in [-0.2, 0) is 6.42 Å². The van der Waals surface area contributed by atoms with Crippen LogP contribution in [0.25, 0.3) is 0 Å². The van der Waals surface area contributed by atoms with Crippen molar-refractivity contribution in [3.63, 3.8) is 0 Å². The molecule has 0 saturated carbocycles. The van der Waals surface area contributed by atoms with Gasteiger partial charge in [-0.3, -0.25) is 0 Å². The van der Waals surface area contributed by atoms with Gasteiger partial charge in [-0.2, -0.15) is 0 Å². The first-order chi connectivity index (χ1) is 8.06. The van der Waals surface area contributed by atoms with E-state index in [1.54, 1.807) is 12.3 Å². The van der Waals surface area contributed by atoms with E-state index >= 15 is 0 Å². The van der Waals surface area contributed by atoms with Crippen LogP contribution in [0.4, 0.5) is 0 Å². The summed E-state index contributed by atoms with van der Waals surface area (Å²) in [5.74, 6) is 0. The lowest BCUT2D eigenvalue weighted by molar-refractivity contribution is 1.05. The van der Waals surface area contributed by atoms with Crippen molar-refractivity contribution in [2.75, 3.05) is 0 Å². The van der Waals surface area contributed by atoms with Crippen molar-refractivity contribution in [2.24, 2.45) is 0 Å². The summed E-state index contributed by atoms with van der Waals surface area (Å²) in [5, 5.41) is 1.32. The molecule has 0 fully saturated rings. The molecule has 0 aliphatic heterocycles. The smallest absolute Gasteiger partial charge is 0.148 e. The number of hydrogen-bond acceptors (Lipinski definition) is 2. The lowest BCUT2D eigenvalue weighted by Crippen LogP contribution is -1.95. The number of aromatic nitrogens is 2. The Hall–Kier alpha value is -0.830. The Kier molecular flexibility index (Phi) is 3.87. The summed E-state index contributed by atoms with van der Waals surface area (Å²) in [6.07, 6.45) is 2.38. The normalized spacial score (nSPS) is 10.6. The SMILES string of the molecule is Cc1cc(Cc2ccc(Cl)nc2)nc(Cl)c1Cl. The molecule has 17 heavy (non-hydrogen) atoms. The highest BCUT2D eigenvalue weighted by molar-refractivity contribution is 6.41. The Morgan fingerprint density at radius 3 is 2.53 bits per heavy atom. The summed E-state index contributed by atoms with van der Waals surface area (Å²) in [7, 11) is 0. The molecule has 0 aliphatic carbocycles. The van der Waals surface area contributed by atoms with E-state index in [0.717, 1.165) is 16.8 Å². The molecule has 0 aromatic carbocycles. The fraction of sp³-hybridized carbons (Fsp3) is 0.167. The molecular weight excluding hydrogens is 279 g/mol. The molecule has 2 rings (SSSR count). The van der Waals surface area contributed by atoms with E-state index in [1.165, 1.54) is 0 Å². The van der Waals surface area contributed by atoms with Gasteiger partial charge in [-0.25, -0.2) is 9.97 Å². The van der Waals surface area contributed by atoms with Crippen molar-refractivity contribution < 1.29 is 0 Å². The van der Waals surface area contributed by atoms with Gasteiger partial charge in [-0.05, 0) is 30.2 Å². The van der Waals surface area contributed by atoms with Crippen LogP contribution in [-0.4, -0.2) is 9.97 Å². The number of pyridine rings is 2. The zero-order chi connectivity index (χ0) is 12.4. The van der Waals surface area contributed by atoms with Gasteiger partial charge in [0.2, 0.25) is 0 Å². The molecular formula is C12H9Cl3N2. The maximum atomic E-state index is 5.95. The molecule has 88 valence electrons. The second-order valence-corrected chi connectivity index (χ2v) is 4.82. The zero-order valence-electron chi connectivity index (χ0n) is 9.04. The lowest BCUT2D eigenvalue weighted by Gasteiger charge is -2.05. The molecule has 0 bridgehead atoms. The highest BCUT2D eigenvalue weighted by Crippen LogP contribution is 2.24. The third-order valence-corrected chi connectivity index (χ3v) is 3.40. The molecule has 0 spiro atoms. The van der Waals surface area contributed by atoms with Crippen molar-refractivity contribution in [2.45, 2.75) is 13.3 Å². The van der Waals surface area contributed by atoms with E-state index in [1.807, 2.05) is 19.1 Å². The van der Waals surface area contributed by atoms with Gasteiger partial charge in [-0.15, -0.1) is 0 Å². The first-order valence-electron chi connectivity index (χ1n) is 4.98. The quantitative estimate of drug-likeness (QED) is 0.768. The molecule has 0 N–H and O–H groups in total. The summed E-state index contributed by atoms with van der Waals surface area (Å²) in [6, 6.07) is 5.58. The molecule has 2 heterocycles. The zero-order valence-corrected chi connectivity index (χ0v) is 11.3. The lowest BCUT2D eigenvalue weighted by atomic mass is 10.1. The number of nitrogens with zero attached hydrogens (tertiary/aromatic N) is 2. The third-order valence-electron chi connectivity index (χ3n) is 2.33. The number of halogens is 3. The topological polar surface area (TPSA) is 25.8 Å². The van der Waals surface area contributed by atoms with Gasteiger partial charge in [-0.1, -0.05) is 40.9 Å². The molecule has 0 atom stereocenters. The van der Waals surface area contributed by atoms with Gasteiger partial charge in [0.25, 0.3) is 0 Å². The Balaban J connectivity index is 2.27. The minimum Gasteiger partial charge on any atom is -0.244 e. The maximum Gasteiger partial charge on any atom is 0.148 e. The summed E-state index contributed by atoms with van der Waals surface area (Å²) >= 11 is 17.6. The Bertz CT molecular complexity index is 515. The molecule has 5 heteroatoms. The Labute approximate surface area is 115 Å². The number of aryl methyl sites for hydroxylation is 1. The van der Waals surface area contributed by atoms with E-state index in [-0.39, 0.29) is 0 Å². The first-order valence-corrected chi connectivity index (χ1v) is 6.11. The van der Waals surface area contributed by atoms with Crippen molar-refractivity contribution in [3.05, 3.63) is 56.5 Å². The van der Waals surface area contributed by atoms with Gasteiger partial charge in [0, 0.05) is 18.3 Å².